The highest BCUT2D eigenvalue weighted by Gasteiger charge is 2.40. The average Bonchev–Trinajstić information content (AvgIpc) is 2.56. The summed E-state index contributed by atoms with van der Waals surface area (Å²) in [7, 11) is -0.255. The summed E-state index contributed by atoms with van der Waals surface area (Å²) in [5.41, 5.74) is 1.10. The van der Waals surface area contributed by atoms with Crippen LogP contribution in [0.1, 0.15) is 39.7 Å². The van der Waals surface area contributed by atoms with Gasteiger partial charge in [0.05, 0.1) is 19.8 Å². The highest BCUT2D eigenvalue weighted by atomic mass is 28.4. The maximum Gasteiger partial charge on any atom is 0.192 e. The van der Waals surface area contributed by atoms with Crippen molar-refractivity contribution in [2.45, 2.75) is 65.0 Å². The minimum atomic E-state index is -1.91. The molecule has 0 aliphatic carbocycles. The second-order valence-electron chi connectivity index (χ2n) is 8.10. The van der Waals surface area contributed by atoms with Crippen LogP contribution in [0.15, 0.2) is 24.3 Å². The van der Waals surface area contributed by atoms with Crippen molar-refractivity contribution in [1.29, 1.82) is 0 Å². The van der Waals surface area contributed by atoms with E-state index < -0.39 is 8.32 Å². The van der Waals surface area contributed by atoms with E-state index in [9.17, 15) is 4.79 Å². The van der Waals surface area contributed by atoms with Gasteiger partial charge in [-0.15, -0.1) is 0 Å². The summed E-state index contributed by atoms with van der Waals surface area (Å²) in [4.78, 5) is 11.3. The van der Waals surface area contributed by atoms with Gasteiger partial charge in [-0.2, -0.15) is 0 Å². The number of aldehydes is 1. The van der Waals surface area contributed by atoms with Crippen LogP contribution in [0.3, 0.4) is 0 Å². The van der Waals surface area contributed by atoms with Crippen LogP contribution < -0.4 is 4.74 Å². The first-order valence-corrected chi connectivity index (χ1v) is 11.9. The molecule has 0 aliphatic heterocycles. The van der Waals surface area contributed by atoms with E-state index in [1.54, 1.807) is 7.11 Å². The molecule has 1 rings (SSSR count). The first-order chi connectivity index (χ1) is 11.6. The van der Waals surface area contributed by atoms with E-state index in [1.165, 1.54) is 0 Å². The maximum absolute atomic E-state index is 11.3. The second-order valence-corrected chi connectivity index (χ2v) is 12.9. The molecule has 1 aromatic carbocycles. The fourth-order valence-corrected chi connectivity index (χ4v) is 3.63. The Kier molecular flexibility index (Phi) is 8.31. The van der Waals surface area contributed by atoms with Crippen molar-refractivity contribution in [3.05, 3.63) is 29.8 Å². The average molecular weight is 367 g/mol. The third-order valence-corrected chi connectivity index (χ3v) is 9.53. The lowest BCUT2D eigenvalue weighted by atomic mass is 10.0. The molecule has 1 aromatic rings. The second kappa shape index (κ2) is 9.50. The van der Waals surface area contributed by atoms with Crippen molar-refractivity contribution in [1.82, 2.24) is 0 Å². The molecule has 25 heavy (non-hydrogen) atoms. The molecule has 0 heterocycles. The zero-order valence-electron chi connectivity index (χ0n) is 16.8. The van der Waals surface area contributed by atoms with Crippen LogP contribution in [0.2, 0.25) is 18.1 Å². The van der Waals surface area contributed by atoms with Crippen LogP contribution in [0.5, 0.6) is 5.75 Å². The minimum Gasteiger partial charge on any atom is -0.497 e. The molecular formula is C20H34O4Si. The lowest BCUT2D eigenvalue weighted by Crippen LogP contribution is -2.46. The van der Waals surface area contributed by atoms with Gasteiger partial charge in [0.25, 0.3) is 0 Å². The first kappa shape index (κ1) is 21.9. The van der Waals surface area contributed by atoms with Gasteiger partial charge in [-0.3, -0.25) is 0 Å². The zero-order valence-corrected chi connectivity index (χ0v) is 17.8. The fourth-order valence-electron chi connectivity index (χ4n) is 2.18. The van der Waals surface area contributed by atoms with Gasteiger partial charge in [-0.25, -0.2) is 0 Å². The summed E-state index contributed by atoms with van der Waals surface area (Å²) in [5, 5.41) is 0.123. The fraction of sp³-hybridized carbons (Fsp3) is 0.650. The first-order valence-electron chi connectivity index (χ1n) is 8.94. The topological polar surface area (TPSA) is 44.8 Å². The molecule has 0 fully saturated rings. The van der Waals surface area contributed by atoms with Crippen molar-refractivity contribution in [2.24, 2.45) is 5.92 Å². The van der Waals surface area contributed by atoms with E-state index in [4.69, 9.17) is 13.9 Å². The van der Waals surface area contributed by atoms with Gasteiger partial charge < -0.3 is 18.7 Å². The van der Waals surface area contributed by atoms with Crippen LogP contribution in [-0.2, 0) is 20.6 Å². The zero-order chi connectivity index (χ0) is 19.1. The molecule has 0 radical (unpaired) electrons. The summed E-state index contributed by atoms with van der Waals surface area (Å²) in [6, 6.07) is 7.85. The Morgan fingerprint density at radius 1 is 1.16 bits per heavy atom. The lowest BCUT2D eigenvalue weighted by Gasteiger charge is -2.40. The quantitative estimate of drug-likeness (QED) is 0.338. The minimum absolute atomic E-state index is 0.0886. The number of carbonyl (C=O) groups excluding carboxylic acids is 1. The molecule has 142 valence electrons. The summed E-state index contributed by atoms with van der Waals surface area (Å²) in [6.07, 6.45) is 1.62. The molecular weight excluding hydrogens is 332 g/mol. The third kappa shape index (κ3) is 6.92. The van der Waals surface area contributed by atoms with Crippen molar-refractivity contribution in [3.8, 4) is 5.75 Å². The molecule has 0 aromatic heterocycles. The Morgan fingerprint density at radius 2 is 1.76 bits per heavy atom. The number of rotatable bonds is 10. The number of hydrogen-bond acceptors (Lipinski definition) is 4. The number of hydrogen-bond donors (Lipinski definition) is 0. The van der Waals surface area contributed by atoms with Gasteiger partial charge in [0.15, 0.2) is 8.32 Å². The van der Waals surface area contributed by atoms with E-state index in [0.717, 1.165) is 24.0 Å². The monoisotopic (exact) mass is 366 g/mol. The molecule has 4 nitrogen and oxygen atoms in total. The van der Waals surface area contributed by atoms with E-state index >= 15 is 0 Å². The van der Waals surface area contributed by atoms with Crippen molar-refractivity contribution in [3.63, 3.8) is 0 Å². The lowest BCUT2D eigenvalue weighted by molar-refractivity contribution is -0.113. The Morgan fingerprint density at radius 3 is 2.24 bits per heavy atom. The van der Waals surface area contributed by atoms with Crippen molar-refractivity contribution >= 4 is 14.6 Å². The van der Waals surface area contributed by atoms with Crippen LogP contribution >= 0.6 is 0 Å². The van der Waals surface area contributed by atoms with Gasteiger partial charge >= 0.3 is 0 Å². The Balaban J connectivity index is 2.54. The molecule has 0 unspecified atom stereocenters. The van der Waals surface area contributed by atoms with E-state index in [-0.39, 0.29) is 17.1 Å². The molecule has 0 bridgehead atoms. The number of ether oxygens (including phenoxy) is 2. The third-order valence-electron chi connectivity index (χ3n) is 5.03. The van der Waals surface area contributed by atoms with Crippen LogP contribution in [0, 0.1) is 5.92 Å². The SMILES string of the molecule is COc1ccc(COCC[C@@H](O[Si](C)(C)C(C)(C)C)[C@@H](C)C=O)cc1. The molecule has 2 atom stereocenters. The number of benzene rings is 1. The van der Waals surface area contributed by atoms with Gasteiger partial charge in [0.2, 0.25) is 0 Å². The highest BCUT2D eigenvalue weighted by Crippen LogP contribution is 2.38. The molecule has 0 N–H and O–H groups in total. The van der Waals surface area contributed by atoms with Crippen LogP contribution in [0.25, 0.3) is 0 Å². The van der Waals surface area contributed by atoms with Crippen LogP contribution in [0.4, 0.5) is 0 Å². The number of carbonyl (C=O) groups is 1. The highest BCUT2D eigenvalue weighted by molar-refractivity contribution is 6.74. The summed E-state index contributed by atoms with van der Waals surface area (Å²) >= 11 is 0. The standard InChI is InChI=1S/C20H34O4Si/c1-16(14-21)19(24-25(6,7)20(2,3)4)12-13-23-15-17-8-10-18(22-5)11-9-17/h8-11,14,16,19H,12-13,15H2,1-7H3/t16-,19+/m0/s1. The Hall–Kier alpha value is -1.17. The van der Waals surface area contributed by atoms with Crippen molar-refractivity contribution < 1.29 is 18.7 Å². The molecule has 5 heteroatoms. The Bertz CT molecular complexity index is 519. The van der Waals surface area contributed by atoms with Gasteiger partial charge in [-0.1, -0.05) is 39.8 Å². The predicted molar refractivity (Wildman–Crippen MR) is 105 cm³/mol. The molecule has 0 aliphatic rings. The predicted octanol–water partition coefficient (Wildman–Crippen LogP) is 4.83. The summed E-state index contributed by atoms with van der Waals surface area (Å²) in [5.74, 6) is 0.713. The maximum atomic E-state index is 11.3. The summed E-state index contributed by atoms with van der Waals surface area (Å²) in [6.45, 7) is 14.1. The Labute approximate surface area is 154 Å². The normalized spacial score (nSPS) is 14.8. The van der Waals surface area contributed by atoms with Crippen molar-refractivity contribution in [2.75, 3.05) is 13.7 Å². The van der Waals surface area contributed by atoms with Gasteiger partial charge in [0, 0.05) is 12.5 Å². The molecule has 0 saturated carbocycles. The molecule has 0 saturated heterocycles. The van der Waals surface area contributed by atoms with Gasteiger partial charge in [0.1, 0.15) is 12.0 Å². The molecule has 0 spiro atoms. The number of methoxy groups -OCH3 is 1. The van der Waals surface area contributed by atoms with Crippen LogP contribution in [-0.4, -0.2) is 34.4 Å². The molecule has 0 amide bonds. The van der Waals surface area contributed by atoms with Gasteiger partial charge in [-0.05, 0) is 42.2 Å². The largest absolute Gasteiger partial charge is 0.497 e. The van der Waals surface area contributed by atoms with E-state index in [2.05, 4.69) is 33.9 Å². The van der Waals surface area contributed by atoms with E-state index in [0.29, 0.717) is 13.2 Å². The smallest absolute Gasteiger partial charge is 0.192 e. The summed E-state index contributed by atoms with van der Waals surface area (Å²) < 4.78 is 17.4. The van der Waals surface area contributed by atoms with E-state index in [1.807, 2.05) is 31.2 Å².